The Morgan fingerprint density at radius 1 is 2.00 bits per heavy atom. The smallest absolute Gasteiger partial charge is 0.199 e. The molecule has 0 aliphatic carbocycles. The molecule has 0 fully saturated rings. The topological polar surface area (TPSA) is 79.2 Å². The lowest BCUT2D eigenvalue weighted by atomic mass is 10.5. The van der Waals surface area contributed by atoms with Gasteiger partial charge in [0.1, 0.15) is 6.07 Å². The molecule has 0 aromatic heterocycles. The Kier molecular flexibility index (Phi) is 2.29. The van der Waals surface area contributed by atoms with Crippen molar-refractivity contribution in [2.75, 3.05) is 0 Å². The largest absolute Gasteiger partial charge is 0.322 e. The van der Waals surface area contributed by atoms with Crippen molar-refractivity contribution in [1.82, 2.24) is 0 Å². The molecule has 4 nitrogen and oxygen atoms in total. The Bertz CT molecular complexity index is 132. The number of nitrogens with zero attached hydrogens (tertiary/aromatic N) is 2. The summed E-state index contributed by atoms with van der Waals surface area (Å²) >= 11 is 0. The average molecular weight is 97.1 g/mol. The number of nitrogens with two attached hydrogens (primary N) is 1. The molecule has 0 unspecified atom stereocenters. The lowest BCUT2D eigenvalue weighted by Gasteiger charge is -1.70. The maximum Gasteiger partial charge on any atom is 0.199 e. The van der Waals surface area contributed by atoms with Gasteiger partial charge < -0.3 is 5.84 Å². The molecule has 0 saturated carbocycles. The van der Waals surface area contributed by atoms with Crippen molar-refractivity contribution in [2.24, 2.45) is 10.9 Å². The monoisotopic (exact) mass is 97.0 g/mol. The average Bonchev–Trinajstić information content (AvgIpc) is 1.72. The number of aldehydes is 1. The Labute approximate surface area is 40.2 Å². The Balaban J connectivity index is 3.94. The van der Waals surface area contributed by atoms with Crippen LogP contribution in [0.1, 0.15) is 0 Å². The van der Waals surface area contributed by atoms with Crippen molar-refractivity contribution in [3.05, 3.63) is 0 Å². The molecular formula is C3H3N3O. The number of hydrogen-bond acceptors (Lipinski definition) is 4. The molecule has 0 saturated heterocycles. The normalized spacial score (nSPS) is 9.86. The van der Waals surface area contributed by atoms with Gasteiger partial charge in [-0.1, -0.05) is 0 Å². The zero-order valence-corrected chi connectivity index (χ0v) is 3.46. The first kappa shape index (κ1) is 5.63. The standard InChI is InChI=1S/C3H3N3O/c4-1-3(2-7)6-5/h2H,5H2. The van der Waals surface area contributed by atoms with Crippen LogP contribution >= 0.6 is 0 Å². The van der Waals surface area contributed by atoms with Gasteiger partial charge >= 0.3 is 0 Å². The van der Waals surface area contributed by atoms with Crippen molar-refractivity contribution >= 4 is 12.0 Å². The van der Waals surface area contributed by atoms with Crippen LogP contribution in [0.4, 0.5) is 0 Å². The second kappa shape index (κ2) is 2.85. The molecule has 0 spiro atoms. The third-order valence-corrected chi connectivity index (χ3v) is 0.365. The Morgan fingerprint density at radius 3 is 2.57 bits per heavy atom. The number of rotatable bonds is 1. The fourth-order valence-corrected chi connectivity index (χ4v) is 0.0856. The quantitative estimate of drug-likeness (QED) is 0.198. The van der Waals surface area contributed by atoms with Crippen LogP contribution in [0.25, 0.3) is 0 Å². The van der Waals surface area contributed by atoms with Crippen LogP contribution in [-0.4, -0.2) is 12.0 Å². The second-order valence-electron chi connectivity index (χ2n) is 0.744. The SMILES string of the molecule is N#CC(C=O)=NN. The fraction of sp³-hybridized carbons (Fsp3) is 0. The van der Waals surface area contributed by atoms with E-state index < -0.39 is 0 Å². The van der Waals surface area contributed by atoms with Gasteiger partial charge in [-0.25, -0.2) is 0 Å². The molecule has 0 amide bonds. The minimum Gasteiger partial charge on any atom is -0.322 e. The molecule has 2 N–H and O–H groups in total. The number of carbonyl (C=O) groups excluding carboxylic acids is 1. The molecule has 0 aliphatic heterocycles. The molecule has 0 atom stereocenters. The Morgan fingerprint density at radius 2 is 2.57 bits per heavy atom. The zero-order chi connectivity index (χ0) is 5.70. The summed E-state index contributed by atoms with van der Waals surface area (Å²) in [7, 11) is 0. The second-order valence-corrected chi connectivity index (χ2v) is 0.744. The van der Waals surface area contributed by atoms with Gasteiger partial charge in [0.05, 0.1) is 0 Å². The van der Waals surface area contributed by atoms with E-state index in [1.807, 2.05) is 0 Å². The molecule has 4 heteroatoms. The van der Waals surface area contributed by atoms with Crippen LogP contribution in [0.2, 0.25) is 0 Å². The first-order chi connectivity index (χ1) is 3.35. The van der Waals surface area contributed by atoms with E-state index in [2.05, 4.69) is 10.9 Å². The van der Waals surface area contributed by atoms with Crippen LogP contribution in [0.3, 0.4) is 0 Å². The summed E-state index contributed by atoms with van der Waals surface area (Å²) in [6.07, 6.45) is 0.292. The van der Waals surface area contributed by atoms with Crippen LogP contribution in [0, 0.1) is 11.3 Å². The highest BCUT2D eigenvalue weighted by Crippen LogP contribution is 1.58. The molecule has 7 heavy (non-hydrogen) atoms. The van der Waals surface area contributed by atoms with Gasteiger partial charge in [0.15, 0.2) is 12.0 Å². The van der Waals surface area contributed by atoms with Crippen molar-refractivity contribution in [1.29, 1.82) is 5.26 Å². The first-order valence-electron chi connectivity index (χ1n) is 1.48. The van der Waals surface area contributed by atoms with Gasteiger partial charge in [0, 0.05) is 0 Å². The van der Waals surface area contributed by atoms with E-state index in [-0.39, 0.29) is 5.71 Å². The Hall–Kier alpha value is -1.37. The lowest BCUT2D eigenvalue weighted by Crippen LogP contribution is -1.98. The molecule has 0 aromatic rings. The minimum atomic E-state index is -0.292. The van der Waals surface area contributed by atoms with Gasteiger partial charge in [0.25, 0.3) is 0 Å². The summed E-state index contributed by atoms with van der Waals surface area (Å²) in [4.78, 5) is 9.53. The van der Waals surface area contributed by atoms with Gasteiger partial charge in [-0.3, -0.25) is 4.79 Å². The molecular weight excluding hydrogens is 94.1 g/mol. The molecule has 0 heterocycles. The molecule has 0 aromatic carbocycles. The van der Waals surface area contributed by atoms with Gasteiger partial charge in [-0.05, 0) is 0 Å². The van der Waals surface area contributed by atoms with E-state index in [0.29, 0.717) is 6.29 Å². The van der Waals surface area contributed by atoms with Gasteiger partial charge in [-0.2, -0.15) is 10.4 Å². The van der Waals surface area contributed by atoms with Gasteiger partial charge in [0.2, 0.25) is 0 Å². The molecule has 0 rings (SSSR count). The molecule has 36 valence electrons. The molecule has 0 radical (unpaired) electrons. The highest BCUT2D eigenvalue weighted by atomic mass is 16.1. The highest BCUT2D eigenvalue weighted by molar-refractivity contribution is 6.35. The van der Waals surface area contributed by atoms with Crippen LogP contribution < -0.4 is 5.84 Å². The summed E-state index contributed by atoms with van der Waals surface area (Å²) in [6.45, 7) is 0. The van der Waals surface area contributed by atoms with Crippen molar-refractivity contribution < 1.29 is 4.79 Å². The van der Waals surface area contributed by atoms with E-state index in [1.54, 1.807) is 0 Å². The van der Waals surface area contributed by atoms with Crippen molar-refractivity contribution in [3.8, 4) is 6.07 Å². The first-order valence-corrected chi connectivity index (χ1v) is 1.48. The predicted octanol–water partition coefficient (Wildman–Crippen LogP) is -0.976. The van der Waals surface area contributed by atoms with E-state index in [9.17, 15) is 4.79 Å². The third kappa shape index (κ3) is 1.49. The summed E-state index contributed by atoms with van der Waals surface area (Å²) in [5.41, 5.74) is -0.292. The van der Waals surface area contributed by atoms with E-state index in [1.165, 1.54) is 6.07 Å². The predicted molar refractivity (Wildman–Crippen MR) is 23.3 cm³/mol. The van der Waals surface area contributed by atoms with Crippen LogP contribution in [0.5, 0.6) is 0 Å². The minimum absolute atomic E-state index is 0.292. The van der Waals surface area contributed by atoms with Crippen LogP contribution in [0.15, 0.2) is 5.10 Å². The fourth-order valence-electron chi connectivity index (χ4n) is 0.0856. The van der Waals surface area contributed by atoms with Crippen molar-refractivity contribution in [3.63, 3.8) is 0 Å². The van der Waals surface area contributed by atoms with E-state index in [4.69, 9.17) is 5.26 Å². The maximum atomic E-state index is 9.53. The summed E-state index contributed by atoms with van der Waals surface area (Å²) in [5, 5.41) is 10.6. The lowest BCUT2D eigenvalue weighted by molar-refractivity contribution is -0.102. The van der Waals surface area contributed by atoms with E-state index in [0.717, 1.165) is 0 Å². The number of hydrazone groups is 1. The molecule has 0 bridgehead atoms. The maximum absolute atomic E-state index is 9.53. The van der Waals surface area contributed by atoms with Crippen molar-refractivity contribution in [2.45, 2.75) is 0 Å². The van der Waals surface area contributed by atoms with E-state index >= 15 is 0 Å². The summed E-state index contributed by atoms with van der Waals surface area (Å²) < 4.78 is 0. The van der Waals surface area contributed by atoms with Gasteiger partial charge in [-0.15, -0.1) is 0 Å². The number of carbonyl (C=O) groups is 1. The summed E-state index contributed by atoms with van der Waals surface area (Å²) in [6, 6.07) is 1.46. The zero-order valence-electron chi connectivity index (χ0n) is 3.46. The highest BCUT2D eigenvalue weighted by Gasteiger charge is 1.86. The molecule has 0 aliphatic rings. The van der Waals surface area contributed by atoms with Crippen LogP contribution in [-0.2, 0) is 4.79 Å². The summed E-state index contributed by atoms with van der Waals surface area (Å²) in [5.74, 6) is 4.53. The number of nitriles is 1. The number of hydrogen-bond donors (Lipinski definition) is 1. The third-order valence-electron chi connectivity index (χ3n) is 0.365.